The highest BCUT2D eigenvalue weighted by Gasteiger charge is 2.70. The van der Waals surface area contributed by atoms with E-state index in [1.165, 1.54) is 4.90 Å². The Kier molecular flexibility index (Phi) is 4.16. The fourth-order valence-electron chi connectivity index (χ4n) is 2.72. The van der Waals surface area contributed by atoms with Crippen LogP contribution in [0.1, 0.15) is 17.7 Å². The number of hydrogen-bond acceptors (Lipinski definition) is 3. The molecule has 0 radical (unpaired) electrons. The van der Waals surface area contributed by atoms with E-state index >= 15 is 0 Å². The predicted octanol–water partition coefficient (Wildman–Crippen LogP) is 3.49. The predicted molar refractivity (Wildman–Crippen MR) is 96.4 cm³/mol. The first kappa shape index (κ1) is 16.7. The molecule has 1 aromatic rings. The largest absolute Gasteiger partial charge is 0.332 e. The maximum absolute atomic E-state index is 12.6. The zero-order chi connectivity index (χ0) is 16.3. The lowest BCUT2D eigenvalue weighted by molar-refractivity contribution is -0.136. The normalized spacial score (nSPS) is 29.8. The van der Waals surface area contributed by atoms with Crippen molar-refractivity contribution in [3.63, 3.8) is 0 Å². The van der Waals surface area contributed by atoms with Crippen LogP contribution in [0.2, 0.25) is 0 Å². The summed E-state index contributed by atoms with van der Waals surface area (Å²) in [6.45, 7) is 2.64. The maximum Gasteiger partial charge on any atom is 0.250 e. The Hall–Kier alpha value is -0.110. The van der Waals surface area contributed by atoms with Crippen molar-refractivity contribution in [2.75, 3.05) is 18.5 Å². The fourth-order valence-corrected chi connectivity index (χ4v) is 5.45. The monoisotopic (exact) mass is 468 g/mol. The zero-order valence-electron chi connectivity index (χ0n) is 12.1. The molecule has 2 fully saturated rings. The number of aryl methyl sites for hydroxylation is 1. The summed E-state index contributed by atoms with van der Waals surface area (Å²) >= 11 is 14.7. The number of anilines is 1. The highest BCUT2D eigenvalue weighted by atomic mass is 79.9. The number of halogens is 3. The average Bonchev–Trinajstić information content (AvgIpc) is 2.81. The van der Waals surface area contributed by atoms with Gasteiger partial charge in [-0.2, -0.15) is 0 Å². The molecule has 22 heavy (non-hydrogen) atoms. The molecule has 2 aliphatic rings. The van der Waals surface area contributed by atoms with Gasteiger partial charge in [0, 0.05) is 24.9 Å². The lowest BCUT2D eigenvalue weighted by Gasteiger charge is -2.26. The van der Waals surface area contributed by atoms with E-state index in [1.54, 1.807) is 23.3 Å². The van der Waals surface area contributed by atoms with Crippen molar-refractivity contribution < 1.29 is 9.59 Å². The summed E-state index contributed by atoms with van der Waals surface area (Å²) in [6, 6.07) is 3.51. The number of likely N-dealkylation sites (N-methyl/N-ethyl adjacent to an activating group) is 1. The van der Waals surface area contributed by atoms with E-state index in [2.05, 4.69) is 31.9 Å². The summed E-state index contributed by atoms with van der Waals surface area (Å²) in [5, 5.41) is 0.938. The van der Waals surface area contributed by atoms with E-state index in [4.69, 9.17) is 11.6 Å². The highest BCUT2D eigenvalue weighted by Crippen LogP contribution is 2.64. The Morgan fingerprint density at radius 1 is 1.50 bits per heavy atom. The van der Waals surface area contributed by atoms with Crippen molar-refractivity contribution in [2.24, 2.45) is 0 Å². The molecule has 1 aromatic heterocycles. The average molecular weight is 471 g/mol. The Labute approximate surface area is 155 Å². The summed E-state index contributed by atoms with van der Waals surface area (Å²) in [5.74, 6) is -0.251. The van der Waals surface area contributed by atoms with Gasteiger partial charge in [-0.1, -0.05) is 31.9 Å². The van der Waals surface area contributed by atoms with Crippen LogP contribution in [0, 0.1) is 6.92 Å². The van der Waals surface area contributed by atoms with Crippen molar-refractivity contribution in [1.29, 1.82) is 0 Å². The van der Waals surface area contributed by atoms with E-state index in [0.29, 0.717) is 19.4 Å². The molecule has 0 N–H and O–H groups in total. The Morgan fingerprint density at radius 3 is 2.64 bits per heavy atom. The van der Waals surface area contributed by atoms with Crippen molar-refractivity contribution in [2.45, 2.75) is 33.9 Å². The van der Waals surface area contributed by atoms with Gasteiger partial charge in [0.05, 0.1) is 5.00 Å². The van der Waals surface area contributed by atoms with Crippen LogP contribution in [0.15, 0.2) is 12.1 Å². The van der Waals surface area contributed by atoms with Crippen LogP contribution in [0.4, 0.5) is 5.00 Å². The van der Waals surface area contributed by atoms with Crippen LogP contribution in [-0.4, -0.2) is 44.5 Å². The molecule has 1 saturated heterocycles. The van der Waals surface area contributed by atoms with Crippen LogP contribution in [0.25, 0.3) is 0 Å². The first-order valence-corrected chi connectivity index (χ1v) is 9.67. The van der Waals surface area contributed by atoms with Gasteiger partial charge < -0.3 is 9.80 Å². The lowest BCUT2D eigenvalue weighted by Crippen LogP contribution is -2.47. The molecule has 1 saturated carbocycles. The highest BCUT2D eigenvalue weighted by molar-refractivity contribution is 9.25. The third-order valence-corrected chi connectivity index (χ3v) is 8.23. The van der Waals surface area contributed by atoms with Gasteiger partial charge in [0.1, 0.15) is 9.28 Å². The molecule has 2 atom stereocenters. The van der Waals surface area contributed by atoms with Crippen molar-refractivity contribution in [1.82, 2.24) is 4.90 Å². The van der Waals surface area contributed by atoms with E-state index < -0.39 is 14.1 Å². The molecule has 1 aliphatic heterocycles. The van der Waals surface area contributed by atoms with Gasteiger partial charge in [0.15, 0.2) is 4.87 Å². The number of hydrogen-bond donors (Lipinski definition) is 0. The van der Waals surface area contributed by atoms with Crippen molar-refractivity contribution in [3.8, 4) is 0 Å². The molecular formula is C14H15Br2ClN2O2S. The number of carbonyl (C=O) groups excluding carboxylic acids is 2. The van der Waals surface area contributed by atoms with Gasteiger partial charge in [0.2, 0.25) is 11.8 Å². The zero-order valence-corrected chi connectivity index (χ0v) is 16.9. The van der Waals surface area contributed by atoms with Gasteiger partial charge in [-0.3, -0.25) is 9.59 Å². The van der Waals surface area contributed by atoms with Gasteiger partial charge >= 0.3 is 0 Å². The summed E-state index contributed by atoms with van der Waals surface area (Å²) in [5.41, 5.74) is 0. The van der Waals surface area contributed by atoms with Gasteiger partial charge in [-0.25, -0.2) is 0 Å². The molecule has 0 aromatic carbocycles. The molecule has 0 spiro atoms. The van der Waals surface area contributed by atoms with E-state index in [1.807, 2.05) is 19.1 Å². The first-order chi connectivity index (χ1) is 10.2. The number of thiophene rings is 1. The molecular weight excluding hydrogens is 455 g/mol. The molecule has 120 valence electrons. The number of alkyl halides is 3. The second-order valence-corrected chi connectivity index (χ2v) is 11.5. The quantitative estimate of drug-likeness (QED) is 0.635. The van der Waals surface area contributed by atoms with Crippen molar-refractivity contribution >= 4 is 71.6 Å². The van der Waals surface area contributed by atoms with Gasteiger partial charge in [-0.05, 0) is 25.5 Å². The third-order valence-electron chi connectivity index (χ3n) is 4.22. The summed E-state index contributed by atoms with van der Waals surface area (Å²) in [4.78, 5) is 28.6. The smallest absolute Gasteiger partial charge is 0.250 e. The minimum absolute atomic E-state index is 0.0339. The Bertz CT molecular complexity index is 651. The Morgan fingerprint density at radius 2 is 2.14 bits per heavy atom. The van der Waals surface area contributed by atoms with Gasteiger partial charge in [-0.15, -0.1) is 22.9 Å². The number of carbonyl (C=O) groups is 2. The molecule has 1 aliphatic carbocycles. The standard InChI is InChI=1S/C14H15Br2ClN2O2S/c1-8-3-4-10(22-8)19-6-5-9(11(19)20)18(2)12(21)13(17)7-14(13,15)16/h3-4,9H,5-7H2,1-2H3. The molecule has 3 rings (SSSR count). The van der Waals surface area contributed by atoms with Crippen LogP contribution in [0.5, 0.6) is 0 Å². The van der Waals surface area contributed by atoms with E-state index in [9.17, 15) is 9.59 Å². The summed E-state index contributed by atoms with van der Waals surface area (Å²) in [6.07, 6.45) is 1.13. The lowest BCUT2D eigenvalue weighted by atomic mass is 10.2. The topological polar surface area (TPSA) is 40.6 Å². The fraction of sp³-hybridized carbons (Fsp3) is 0.571. The number of rotatable bonds is 3. The van der Waals surface area contributed by atoms with Crippen LogP contribution in [-0.2, 0) is 9.59 Å². The molecule has 2 amide bonds. The Balaban J connectivity index is 1.74. The SMILES string of the molecule is Cc1ccc(N2CCC(N(C)C(=O)C3(Cl)CC3(Br)Br)C2=O)s1. The molecule has 2 heterocycles. The molecule has 2 unspecified atom stereocenters. The third kappa shape index (κ3) is 2.54. The van der Waals surface area contributed by atoms with Gasteiger partial charge in [0.25, 0.3) is 0 Å². The molecule has 8 heteroatoms. The van der Waals surface area contributed by atoms with Crippen molar-refractivity contribution in [3.05, 3.63) is 17.0 Å². The van der Waals surface area contributed by atoms with Crippen LogP contribution >= 0.6 is 54.8 Å². The van der Waals surface area contributed by atoms with Crippen LogP contribution < -0.4 is 4.90 Å². The second-order valence-electron chi connectivity index (χ2n) is 5.78. The first-order valence-electron chi connectivity index (χ1n) is 6.89. The number of nitrogens with zero attached hydrogens (tertiary/aromatic N) is 2. The summed E-state index contributed by atoms with van der Waals surface area (Å²) in [7, 11) is 1.66. The second kappa shape index (κ2) is 5.46. The molecule has 0 bridgehead atoms. The number of amides is 2. The summed E-state index contributed by atoms with van der Waals surface area (Å²) < 4.78 is -0.563. The molecule has 4 nitrogen and oxygen atoms in total. The minimum Gasteiger partial charge on any atom is -0.332 e. The van der Waals surface area contributed by atoms with E-state index in [-0.39, 0.29) is 11.8 Å². The maximum atomic E-state index is 12.6. The van der Waals surface area contributed by atoms with Crippen LogP contribution in [0.3, 0.4) is 0 Å². The minimum atomic E-state index is -1.00. The van der Waals surface area contributed by atoms with E-state index in [0.717, 1.165) is 9.88 Å².